The maximum Gasteiger partial charge on any atom is 0.333 e. The topological polar surface area (TPSA) is 93.1 Å². The maximum atomic E-state index is 11.7. The minimum absolute atomic E-state index is 0.0997. The van der Waals surface area contributed by atoms with E-state index in [1.165, 1.54) is 11.8 Å². The van der Waals surface area contributed by atoms with Crippen LogP contribution in [0.25, 0.3) is 0 Å². The average molecular weight is 401 g/mol. The molecule has 0 aromatic rings. The van der Waals surface area contributed by atoms with Crippen LogP contribution in [-0.2, 0) is 19.1 Å². The molecule has 0 bridgehead atoms. The molecule has 1 rings (SSSR count). The van der Waals surface area contributed by atoms with Crippen LogP contribution in [0.5, 0.6) is 0 Å². The highest BCUT2D eigenvalue weighted by Crippen LogP contribution is 2.60. The summed E-state index contributed by atoms with van der Waals surface area (Å²) in [4.78, 5) is 22.3. The van der Waals surface area contributed by atoms with Crippen molar-refractivity contribution in [1.29, 1.82) is 0 Å². The maximum absolute atomic E-state index is 11.7. The quantitative estimate of drug-likeness (QED) is 0.225. The van der Waals surface area contributed by atoms with E-state index in [-0.39, 0.29) is 12.3 Å². The number of carbonyl (C=O) groups excluding carboxylic acids is 1. The second-order valence-corrected chi connectivity index (χ2v) is 9.08. The summed E-state index contributed by atoms with van der Waals surface area (Å²) >= 11 is 1.49. The fourth-order valence-corrected chi connectivity index (χ4v) is 4.07. The third-order valence-corrected chi connectivity index (χ3v) is 6.28. The Labute approximate surface area is 166 Å². The van der Waals surface area contributed by atoms with E-state index in [4.69, 9.17) is 14.6 Å². The molecule has 0 aromatic carbocycles. The Morgan fingerprint density at radius 1 is 1.37 bits per heavy atom. The number of esters is 1. The van der Waals surface area contributed by atoms with Gasteiger partial charge >= 0.3 is 11.9 Å². The lowest BCUT2D eigenvalue weighted by Gasteiger charge is -2.27. The SMILES string of the molecule is C=C(C)C(=O)OC(C)(C)CCO[C@@]1(C)C(=C)[C@]1(O)C(C)CSCCC(=O)O. The molecule has 0 saturated heterocycles. The second-order valence-electron chi connectivity index (χ2n) is 7.93. The van der Waals surface area contributed by atoms with Gasteiger partial charge in [0, 0.05) is 23.7 Å². The van der Waals surface area contributed by atoms with Gasteiger partial charge in [0.15, 0.2) is 0 Å². The summed E-state index contributed by atoms with van der Waals surface area (Å²) < 4.78 is 11.3. The van der Waals surface area contributed by atoms with Crippen molar-refractivity contribution in [3.05, 3.63) is 24.3 Å². The monoisotopic (exact) mass is 400 g/mol. The molecule has 0 spiro atoms. The molecule has 0 amide bonds. The standard InChI is InChI=1S/C20H32O6S/c1-13(2)17(23)26-18(5,6)9-10-25-19(7)15(4)20(19,24)14(3)12-27-11-8-16(21)22/h14,24H,1,4,8-12H2,2-3,5-7H3,(H,21,22)/t14?,19-,20+/m0/s1. The van der Waals surface area contributed by atoms with Crippen LogP contribution < -0.4 is 0 Å². The van der Waals surface area contributed by atoms with Gasteiger partial charge in [-0.3, -0.25) is 4.79 Å². The highest BCUT2D eigenvalue weighted by atomic mass is 32.2. The molecular weight excluding hydrogens is 368 g/mol. The van der Waals surface area contributed by atoms with Crippen LogP contribution in [-0.4, -0.2) is 57.1 Å². The van der Waals surface area contributed by atoms with Gasteiger partial charge in [-0.15, -0.1) is 0 Å². The summed E-state index contributed by atoms with van der Waals surface area (Å²) in [5.74, 6) is -0.271. The van der Waals surface area contributed by atoms with Gasteiger partial charge in [-0.2, -0.15) is 11.8 Å². The van der Waals surface area contributed by atoms with Crippen LogP contribution >= 0.6 is 11.8 Å². The van der Waals surface area contributed by atoms with Crippen LogP contribution in [0.4, 0.5) is 0 Å². The molecule has 1 aliphatic carbocycles. The van der Waals surface area contributed by atoms with Crippen LogP contribution in [0.1, 0.15) is 47.5 Å². The molecule has 0 heterocycles. The lowest BCUT2D eigenvalue weighted by atomic mass is 10.0. The summed E-state index contributed by atoms with van der Waals surface area (Å²) in [5, 5.41) is 19.7. The van der Waals surface area contributed by atoms with E-state index < -0.39 is 28.7 Å². The van der Waals surface area contributed by atoms with Gasteiger partial charge in [0.1, 0.15) is 16.8 Å². The van der Waals surface area contributed by atoms with Crippen LogP contribution in [0.15, 0.2) is 24.3 Å². The van der Waals surface area contributed by atoms with Crippen LogP contribution in [0, 0.1) is 5.92 Å². The van der Waals surface area contributed by atoms with E-state index in [1.807, 2.05) is 6.92 Å². The summed E-state index contributed by atoms with van der Waals surface area (Å²) in [6.45, 7) is 16.7. The Hall–Kier alpha value is -1.31. The molecule has 0 aliphatic heterocycles. The van der Waals surface area contributed by atoms with Crippen molar-refractivity contribution < 1.29 is 29.3 Å². The number of rotatable bonds is 12. The van der Waals surface area contributed by atoms with Gasteiger partial charge < -0.3 is 19.7 Å². The number of carboxylic acid groups (broad SMARTS) is 1. The Morgan fingerprint density at radius 3 is 2.48 bits per heavy atom. The summed E-state index contributed by atoms with van der Waals surface area (Å²) in [6.07, 6.45) is 0.565. The number of hydrogen-bond acceptors (Lipinski definition) is 6. The first-order valence-electron chi connectivity index (χ1n) is 9.02. The van der Waals surface area contributed by atoms with E-state index in [1.54, 1.807) is 27.7 Å². The highest BCUT2D eigenvalue weighted by Gasteiger charge is 2.71. The van der Waals surface area contributed by atoms with E-state index in [9.17, 15) is 14.7 Å². The normalized spacial score (nSPS) is 25.8. The van der Waals surface area contributed by atoms with Gasteiger partial charge in [0.25, 0.3) is 0 Å². The van der Waals surface area contributed by atoms with Gasteiger partial charge in [-0.05, 0) is 39.0 Å². The number of ether oxygens (including phenoxy) is 2. The molecule has 2 N–H and O–H groups in total. The van der Waals surface area contributed by atoms with E-state index in [0.717, 1.165) is 0 Å². The van der Waals surface area contributed by atoms with Crippen molar-refractivity contribution in [3.8, 4) is 0 Å². The van der Waals surface area contributed by atoms with Crippen LogP contribution in [0.2, 0.25) is 0 Å². The lowest BCUT2D eigenvalue weighted by Crippen LogP contribution is -2.35. The average Bonchev–Trinajstić information content (AvgIpc) is 2.97. The molecular formula is C20H32O6S. The smallest absolute Gasteiger partial charge is 0.333 e. The fraction of sp³-hybridized carbons (Fsp3) is 0.700. The highest BCUT2D eigenvalue weighted by molar-refractivity contribution is 7.99. The van der Waals surface area contributed by atoms with Crippen LogP contribution in [0.3, 0.4) is 0 Å². The summed E-state index contributed by atoms with van der Waals surface area (Å²) in [6, 6.07) is 0. The van der Waals surface area contributed by atoms with Crippen molar-refractivity contribution in [3.63, 3.8) is 0 Å². The Kier molecular flexibility index (Phi) is 7.73. The third kappa shape index (κ3) is 5.59. The summed E-state index contributed by atoms with van der Waals surface area (Å²) in [5.41, 5.74) is -1.73. The first-order valence-corrected chi connectivity index (χ1v) is 10.2. The molecule has 6 nitrogen and oxygen atoms in total. The zero-order valence-electron chi connectivity index (χ0n) is 17.0. The largest absolute Gasteiger partial charge is 0.481 e. The van der Waals surface area contributed by atoms with Gasteiger partial charge in [-0.1, -0.05) is 20.1 Å². The van der Waals surface area contributed by atoms with Gasteiger partial charge in [0.2, 0.25) is 0 Å². The minimum atomic E-state index is -1.14. The molecule has 0 radical (unpaired) electrons. The second kappa shape index (κ2) is 8.80. The number of hydrogen-bond donors (Lipinski definition) is 2. The number of aliphatic hydroxyl groups is 1. The third-order valence-electron chi connectivity index (χ3n) is 5.05. The predicted octanol–water partition coefficient (Wildman–Crippen LogP) is 3.19. The Morgan fingerprint density at radius 2 is 1.96 bits per heavy atom. The molecule has 1 fully saturated rings. The molecule has 1 aliphatic rings. The van der Waals surface area contributed by atoms with Crippen molar-refractivity contribution in [2.45, 2.75) is 64.3 Å². The van der Waals surface area contributed by atoms with E-state index in [2.05, 4.69) is 13.2 Å². The number of thioether (sulfide) groups is 1. The Bertz CT molecular complexity index is 614. The predicted molar refractivity (Wildman–Crippen MR) is 107 cm³/mol. The molecule has 154 valence electrons. The van der Waals surface area contributed by atoms with Crippen molar-refractivity contribution >= 4 is 23.7 Å². The molecule has 3 atom stereocenters. The van der Waals surface area contributed by atoms with Gasteiger partial charge in [0.05, 0.1) is 13.0 Å². The Balaban J connectivity index is 2.52. The van der Waals surface area contributed by atoms with Crippen molar-refractivity contribution in [2.24, 2.45) is 5.92 Å². The number of carbonyl (C=O) groups is 2. The lowest BCUT2D eigenvalue weighted by molar-refractivity contribution is -0.154. The molecule has 0 aromatic heterocycles. The summed E-state index contributed by atoms with van der Waals surface area (Å²) in [7, 11) is 0. The zero-order valence-corrected chi connectivity index (χ0v) is 17.8. The van der Waals surface area contributed by atoms with Crippen molar-refractivity contribution in [2.75, 3.05) is 18.1 Å². The fourth-order valence-electron chi connectivity index (χ4n) is 2.99. The molecule has 27 heavy (non-hydrogen) atoms. The molecule has 1 unspecified atom stereocenters. The first kappa shape index (κ1) is 23.7. The zero-order chi connectivity index (χ0) is 21.0. The molecule has 7 heteroatoms. The van der Waals surface area contributed by atoms with E-state index in [0.29, 0.717) is 35.7 Å². The van der Waals surface area contributed by atoms with E-state index >= 15 is 0 Å². The van der Waals surface area contributed by atoms with Crippen molar-refractivity contribution in [1.82, 2.24) is 0 Å². The minimum Gasteiger partial charge on any atom is -0.481 e. The van der Waals surface area contributed by atoms with Gasteiger partial charge in [-0.25, -0.2) is 4.79 Å². The number of carboxylic acids is 1. The first-order chi connectivity index (χ1) is 12.3. The molecule has 1 saturated carbocycles. The number of aliphatic carboxylic acids is 1.